The lowest BCUT2D eigenvalue weighted by atomic mass is 10.2. The molecule has 0 bridgehead atoms. The van der Waals surface area contributed by atoms with Crippen LogP contribution in [0.15, 0.2) is 6.07 Å². The third-order valence-corrected chi connectivity index (χ3v) is 2.29. The van der Waals surface area contributed by atoms with Gasteiger partial charge >= 0.3 is 0 Å². The highest BCUT2D eigenvalue weighted by Crippen LogP contribution is 2.28. The standard InChI is InChI=1S/C7H5F2IN2O/c8-6(9)5-4(10)1-3(2-13)12-7(5)11/h1-2,6H,(H2,11,12). The van der Waals surface area contributed by atoms with E-state index in [0.29, 0.717) is 6.29 Å². The van der Waals surface area contributed by atoms with Crippen LogP contribution < -0.4 is 5.73 Å². The lowest BCUT2D eigenvalue weighted by Crippen LogP contribution is -2.03. The van der Waals surface area contributed by atoms with Gasteiger partial charge in [0.2, 0.25) is 0 Å². The number of hydrogen-bond donors (Lipinski definition) is 1. The van der Waals surface area contributed by atoms with Crippen molar-refractivity contribution < 1.29 is 13.6 Å². The second-order valence-corrected chi connectivity index (χ2v) is 3.41. The molecule has 0 aliphatic carbocycles. The Labute approximate surface area is 86.5 Å². The van der Waals surface area contributed by atoms with Crippen LogP contribution in [0.5, 0.6) is 0 Å². The molecule has 0 fully saturated rings. The van der Waals surface area contributed by atoms with Crippen LogP contribution in [0.1, 0.15) is 22.5 Å². The first-order chi connectivity index (χ1) is 6.06. The van der Waals surface area contributed by atoms with Crippen LogP contribution in [0.4, 0.5) is 14.6 Å². The Morgan fingerprint density at radius 3 is 2.62 bits per heavy atom. The van der Waals surface area contributed by atoms with Crippen molar-refractivity contribution in [2.75, 3.05) is 5.73 Å². The number of carbonyl (C=O) groups is 1. The summed E-state index contributed by atoms with van der Waals surface area (Å²) >= 11 is 1.69. The number of anilines is 1. The summed E-state index contributed by atoms with van der Waals surface area (Å²) in [6.45, 7) is 0. The summed E-state index contributed by atoms with van der Waals surface area (Å²) in [5, 5.41) is 0. The topological polar surface area (TPSA) is 56.0 Å². The Balaban J connectivity index is 3.31. The van der Waals surface area contributed by atoms with E-state index in [0.717, 1.165) is 0 Å². The summed E-state index contributed by atoms with van der Waals surface area (Å²) in [4.78, 5) is 13.8. The molecule has 70 valence electrons. The second kappa shape index (κ2) is 3.95. The van der Waals surface area contributed by atoms with Crippen LogP contribution in [0.25, 0.3) is 0 Å². The molecule has 1 heterocycles. The number of nitrogen functional groups attached to an aromatic ring is 1. The molecule has 0 saturated carbocycles. The molecule has 0 unspecified atom stereocenters. The van der Waals surface area contributed by atoms with E-state index in [4.69, 9.17) is 5.73 Å². The van der Waals surface area contributed by atoms with Crippen molar-refractivity contribution in [1.82, 2.24) is 4.98 Å². The van der Waals surface area contributed by atoms with Gasteiger partial charge in [0.05, 0.1) is 5.56 Å². The van der Waals surface area contributed by atoms with Crippen molar-refractivity contribution in [3.05, 3.63) is 20.9 Å². The van der Waals surface area contributed by atoms with Crippen LogP contribution >= 0.6 is 22.6 Å². The maximum absolute atomic E-state index is 12.3. The van der Waals surface area contributed by atoms with Crippen LogP contribution in [-0.4, -0.2) is 11.3 Å². The minimum Gasteiger partial charge on any atom is -0.383 e. The van der Waals surface area contributed by atoms with Gasteiger partial charge in [0.1, 0.15) is 11.5 Å². The fourth-order valence-corrected chi connectivity index (χ4v) is 1.67. The summed E-state index contributed by atoms with van der Waals surface area (Å²) in [6.07, 6.45) is -2.20. The van der Waals surface area contributed by atoms with E-state index in [9.17, 15) is 13.6 Å². The molecule has 2 N–H and O–H groups in total. The molecule has 0 amide bonds. The molecule has 0 atom stereocenters. The fourth-order valence-electron chi connectivity index (χ4n) is 0.838. The van der Waals surface area contributed by atoms with Gasteiger partial charge in [0, 0.05) is 3.57 Å². The highest BCUT2D eigenvalue weighted by molar-refractivity contribution is 14.1. The van der Waals surface area contributed by atoms with Gasteiger partial charge in [-0.3, -0.25) is 4.79 Å². The quantitative estimate of drug-likeness (QED) is 0.671. The number of nitrogens with zero attached hydrogens (tertiary/aromatic N) is 1. The average Bonchev–Trinajstić information content (AvgIpc) is 2.02. The molecule has 13 heavy (non-hydrogen) atoms. The SMILES string of the molecule is Nc1nc(C=O)cc(I)c1C(F)F. The minimum atomic E-state index is -2.67. The smallest absolute Gasteiger partial charge is 0.268 e. The van der Waals surface area contributed by atoms with Crippen molar-refractivity contribution >= 4 is 34.7 Å². The summed E-state index contributed by atoms with van der Waals surface area (Å²) in [7, 11) is 0. The summed E-state index contributed by atoms with van der Waals surface area (Å²) in [6, 6.07) is 1.27. The molecule has 6 heteroatoms. The Morgan fingerprint density at radius 2 is 2.23 bits per heavy atom. The third kappa shape index (κ3) is 2.11. The predicted octanol–water partition coefficient (Wildman–Crippen LogP) is 2.02. The summed E-state index contributed by atoms with van der Waals surface area (Å²) < 4.78 is 24.9. The molecule has 0 aliphatic rings. The first-order valence-corrected chi connectivity index (χ1v) is 4.33. The number of pyridine rings is 1. The van der Waals surface area contributed by atoms with Crippen molar-refractivity contribution in [2.24, 2.45) is 0 Å². The van der Waals surface area contributed by atoms with E-state index in [2.05, 4.69) is 4.98 Å². The van der Waals surface area contributed by atoms with Gasteiger partial charge in [-0.05, 0) is 28.7 Å². The van der Waals surface area contributed by atoms with Crippen LogP contribution in [0, 0.1) is 3.57 Å². The second-order valence-electron chi connectivity index (χ2n) is 2.25. The number of nitrogens with two attached hydrogens (primary N) is 1. The molecule has 1 rings (SSSR count). The molecule has 0 saturated heterocycles. The third-order valence-electron chi connectivity index (χ3n) is 1.40. The first-order valence-electron chi connectivity index (χ1n) is 3.25. The highest BCUT2D eigenvalue weighted by Gasteiger charge is 2.17. The fraction of sp³-hybridized carbons (Fsp3) is 0.143. The van der Waals surface area contributed by atoms with Crippen molar-refractivity contribution in [3.8, 4) is 0 Å². The molecule has 0 aliphatic heterocycles. The van der Waals surface area contributed by atoms with Gasteiger partial charge in [-0.1, -0.05) is 0 Å². The highest BCUT2D eigenvalue weighted by atomic mass is 127. The van der Waals surface area contributed by atoms with E-state index in [1.54, 1.807) is 22.6 Å². The lowest BCUT2D eigenvalue weighted by Gasteiger charge is -2.06. The zero-order chi connectivity index (χ0) is 10.0. The first kappa shape index (κ1) is 10.3. The molecule has 0 radical (unpaired) electrons. The van der Waals surface area contributed by atoms with E-state index < -0.39 is 6.43 Å². The minimum absolute atomic E-state index is 0.0614. The number of carbonyl (C=O) groups excluding carboxylic acids is 1. The number of halogens is 3. The van der Waals surface area contributed by atoms with E-state index in [1.165, 1.54) is 6.07 Å². The van der Waals surface area contributed by atoms with Crippen molar-refractivity contribution in [2.45, 2.75) is 6.43 Å². The van der Waals surface area contributed by atoms with Crippen LogP contribution in [0.2, 0.25) is 0 Å². The van der Waals surface area contributed by atoms with Crippen molar-refractivity contribution in [1.29, 1.82) is 0 Å². The number of hydrogen-bond acceptors (Lipinski definition) is 3. The Kier molecular flexibility index (Phi) is 3.12. The van der Waals surface area contributed by atoms with E-state index in [-0.39, 0.29) is 20.6 Å². The Morgan fingerprint density at radius 1 is 1.62 bits per heavy atom. The van der Waals surface area contributed by atoms with Gasteiger partial charge in [-0.25, -0.2) is 13.8 Å². The lowest BCUT2D eigenvalue weighted by molar-refractivity contribution is 0.111. The molecule has 0 spiro atoms. The van der Waals surface area contributed by atoms with Crippen LogP contribution in [0.3, 0.4) is 0 Å². The summed E-state index contributed by atoms with van der Waals surface area (Å²) in [5.74, 6) is -0.288. The molecular formula is C7H5F2IN2O. The maximum atomic E-state index is 12.3. The molecule has 3 nitrogen and oxygen atoms in total. The molecule has 0 aromatic carbocycles. The van der Waals surface area contributed by atoms with Gasteiger partial charge < -0.3 is 5.73 Å². The normalized spacial score (nSPS) is 10.5. The zero-order valence-corrected chi connectivity index (χ0v) is 8.46. The van der Waals surface area contributed by atoms with E-state index in [1.807, 2.05) is 0 Å². The number of aromatic nitrogens is 1. The van der Waals surface area contributed by atoms with Gasteiger partial charge in [-0.15, -0.1) is 0 Å². The van der Waals surface area contributed by atoms with Gasteiger partial charge in [-0.2, -0.15) is 0 Å². The van der Waals surface area contributed by atoms with E-state index >= 15 is 0 Å². The monoisotopic (exact) mass is 298 g/mol. The molecule has 1 aromatic heterocycles. The Bertz CT molecular complexity index is 320. The number of alkyl halides is 2. The van der Waals surface area contributed by atoms with Crippen molar-refractivity contribution in [3.63, 3.8) is 0 Å². The molecule has 1 aromatic rings. The summed E-state index contributed by atoms with van der Waals surface area (Å²) in [5.41, 5.74) is 4.99. The number of aldehydes is 1. The van der Waals surface area contributed by atoms with Gasteiger partial charge in [0.15, 0.2) is 6.29 Å². The van der Waals surface area contributed by atoms with Gasteiger partial charge in [0.25, 0.3) is 6.43 Å². The van der Waals surface area contributed by atoms with Crippen LogP contribution in [-0.2, 0) is 0 Å². The predicted molar refractivity (Wildman–Crippen MR) is 51.7 cm³/mol. The largest absolute Gasteiger partial charge is 0.383 e. The number of rotatable bonds is 2. The Hall–Kier alpha value is -0.790. The zero-order valence-electron chi connectivity index (χ0n) is 6.30. The maximum Gasteiger partial charge on any atom is 0.268 e. The average molecular weight is 298 g/mol. The molecular weight excluding hydrogens is 293 g/mol.